The minimum atomic E-state index is -1.07. The maximum atomic E-state index is 13.7. The summed E-state index contributed by atoms with van der Waals surface area (Å²) in [5, 5.41) is 2.61. The topological polar surface area (TPSA) is 102 Å². The van der Waals surface area contributed by atoms with Crippen molar-refractivity contribution in [2.45, 2.75) is 39.2 Å². The van der Waals surface area contributed by atoms with E-state index < -0.39 is 48.2 Å². The van der Waals surface area contributed by atoms with Gasteiger partial charge in [-0.15, -0.1) is 0 Å². The molecule has 29 heavy (non-hydrogen) atoms. The zero-order chi connectivity index (χ0) is 21.8. The Morgan fingerprint density at radius 2 is 1.97 bits per heavy atom. The third kappa shape index (κ3) is 5.30. The van der Waals surface area contributed by atoms with Gasteiger partial charge in [0.25, 0.3) is 5.91 Å². The molecule has 0 aliphatic carbocycles. The Morgan fingerprint density at radius 3 is 2.55 bits per heavy atom. The van der Waals surface area contributed by atoms with Crippen LogP contribution >= 0.6 is 0 Å². The lowest BCUT2D eigenvalue weighted by molar-refractivity contribution is -0.146. The summed E-state index contributed by atoms with van der Waals surface area (Å²) in [6.45, 7) is 4.38. The van der Waals surface area contributed by atoms with Gasteiger partial charge in [-0.2, -0.15) is 0 Å². The van der Waals surface area contributed by atoms with Gasteiger partial charge in [-0.3, -0.25) is 19.3 Å². The van der Waals surface area contributed by atoms with Gasteiger partial charge >= 0.3 is 12.0 Å². The van der Waals surface area contributed by atoms with Crippen LogP contribution in [0.1, 0.15) is 44.0 Å². The molecule has 1 saturated heterocycles. The van der Waals surface area contributed by atoms with Crippen molar-refractivity contribution in [2.75, 3.05) is 20.3 Å². The Bertz CT molecular complexity index is 825. The molecule has 1 heterocycles. The molecule has 1 N–H and O–H groups in total. The molecule has 1 aliphatic rings. The van der Waals surface area contributed by atoms with E-state index in [1.807, 2.05) is 13.8 Å². The van der Waals surface area contributed by atoms with Gasteiger partial charge in [0, 0.05) is 5.56 Å². The lowest BCUT2D eigenvalue weighted by Gasteiger charge is -2.22. The molecular formula is C20H25FN2O6. The molecular weight excluding hydrogens is 383 g/mol. The fourth-order valence-electron chi connectivity index (χ4n) is 2.88. The number of hydrogen-bond donors (Lipinski definition) is 1. The maximum absolute atomic E-state index is 13.7. The monoisotopic (exact) mass is 408 g/mol. The molecule has 1 atom stereocenters. The predicted molar refractivity (Wildman–Crippen MR) is 101 cm³/mol. The zero-order valence-electron chi connectivity index (χ0n) is 16.9. The minimum Gasteiger partial charge on any atom is -0.494 e. The first-order chi connectivity index (χ1) is 13.6. The number of nitrogens with zero attached hydrogens (tertiary/aromatic N) is 1. The Kier molecular flexibility index (Phi) is 6.94. The number of Topliss-reactive ketones (excluding diaryl/α,β-unsaturated/α-hetero) is 1. The number of esters is 1. The van der Waals surface area contributed by atoms with Crippen LogP contribution in [0.25, 0.3) is 0 Å². The Morgan fingerprint density at radius 1 is 1.28 bits per heavy atom. The van der Waals surface area contributed by atoms with Crippen molar-refractivity contribution >= 4 is 23.7 Å². The molecule has 0 saturated carbocycles. The Hall–Kier alpha value is -2.97. The van der Waals surface area contributed by atoms with E-state index in [2.05, 4.69) is 5.32 Å². The maximum Gasteiger partial charge on any atom is 0.326 e. The SMILES string of the molecule is COc1ccc(C(=O)COC(=O)CN2C(=O)N[C@](C)(CCC(C)C)C2=O)cc1F. The third-order valence-corrected chi connectivity index (χ3v) is 4.69. The number of halogens is 1. The summed E-state index contributed by atoms with van der Waals surface area (Å²) in [4.78, 5) is 49.5. The summed E-state index contributed by atoms with van der Waals surface area (Å²) in [5.41, 5.74) is -1.06. The number of rotatable bonds is 9. The standard InChI is InChI=1S/C20H25FN2O6/c1-12(2)7-8-20(3)18(26)23(19(27)22-20)10-17(25)29-11-15(24)13-5-6-16(28-4)14(21)9-13/h5-6,9,12H,7-8,10-11H2,1-4H3,(H,22,27)/t20-/m1/s1. The van der Waals surface area contributed by atoms with Crippen molar-refractivity contribution in [1.29, 1.82) is 0 Å². The number of imide groups is 1. The summed E-state index contributed by atoms with van der Waals surface area (Å²) >= 11 is 0. The van der Waals surface area contributed by atoms with Crippen LogP contribution in [0, 0.1) is 11.7 Å². The first-order valence-electron chi connectivity index (χ1n) is 9.24. The molecule has 1 fully saturated rings. The molecule has 0 unspecified atom stereocenters. The highest BCUT2D eigenvalue weighted by Gasteiger charge is 2.48. The fourth-order valence-corrected chi connectivity index (χ4v) is 2.88. The number of amides is 3. The number of urea groups is 1. The second-order valence-electron chi connectivity index (χ2n) is 7.52. The van der Waals surface area contributed by atoms with E-state index in [9.17, 15) is 23.6 Å². The first-order valence-corrected chi connectivity index (χ1v) is 9.24. The van der Waals surface area contributed by atoms with Gasteiger partial charge in [0.2, 0.25) is 0 Å². The van der Waals surface area contributed by atoms with Crippen molar-refractivity contribution in [1.82, 2.24) is 10.2 Å². The lowest BCUT2D eigenvalue weighted by atomic mass is 9.92. The lowest BCUT2D eigenvalue weighted by Crippen LogP contribution is -2.44. The van der Waals surface area contributed by atoms with Crippen LogP contribution in [-0.4, -0.2) is 54.4 Å². The quantitative estimate of drug-likeness (QED) is 0.382. The van der Waals surface area contributed by atoms with Crippen molar-refractivity contribution < 1.29 is 33.0 Å². The molecule has 0 radical (unpaired) electrons. The van der Waals surface area contributed by atoms with E-state index in [1.165, 1.54) is 19.2 Å². The molecule has 8 nitrogen and oxygen atoms in total. The van der Waals surface area contributed by atoms with Crippen LogP contribution in [0.2, 0.25) is 0 Å². The van der Waals surface area contributed by atoms with Gasteiger partial charge in [0.05, 0.1) is 7.11 Å². The van der Waals surface area contributed by atoms with Gasteiger partial charge in [-0.1, -0.05) is 13.8 Å². The van der Waals surface area contributed by atoms with E-state index in [4.69, 9.17) is 9.47 Å². The van der Waals surface area contributed by atoms with Crippen LogP contribution in [0.3, 0.4) is 0 Å². The first kappa shape index (κ1) is 22.3. The molecule has 3 amide bonds. The molecule has 0 bridgehead atoms. The van der Waals surface area contributed by atoms with Gasteiger partial charge < -0.3 is 14.8 Å². The number of hydrogen-bond acceptors (Lipinski definition) is 6. The molecule has 2 rings (SSSR count). The van der Waals surface area contributed by atoms with Crippen LogP contribution < -0.4 is 10.1 Å². The van der Waals surface area contributed by atoms with Crippen LogP contribution in [0.15, 0.2) is 18.2 Å². The fraction of sp³-hybridized carbons (Fsp3) is 0.500. The number of carbonyl (C=O) groups excluding carboxylic acids is 4. The molecule has 0 spiro atoms. The van der Waals surface area contributed by atoms with Crippen LogP contribution in [-0.2, 0) is 14.3 Å². The highest BCUT2D eigenvalue weighted by atomic mass is 19.1. The number of benzene rings is 1. The van der Waals surface area contributed by atoms with E-state index in [0.717, 1.165) is 17.4 Å². The van der Waals surface area contributed by atoms with E-state index in [1.54, 1.807) is 6.92 Å². The highest BCUT2D eigenvalue weighted by Crippen LogP contribution is 2.24. The smallest absolute Gasteiger partial charge is 0.326 e. The van der Waals surface area contributed by atoms with Gasteiger partial charge in [-0.05, 0) is 43.9 Å². The zero-order valence-corrected chi connectivity index (χ0v) is 16.9. The van der Waals surface area contributed by atoms with Gasteiger partial charge in [0.15, 0.2) is 24.0 Å². The van der Waals surface area contributed by atoms with Gasteiger partial charge in [-0.25, -0.2) is 9.18 Å². The second-order valence-corrected chi connectivity index (χ2v) is 7.52. The molecule has 1 aliphatic heterocycles. The van der Waals surface area contributed by atoms with Crippen molar-refractivity contribution in [2.24, 2.45) is 5.92 Å². The average molecular weight is 408 g/mol. The Labute approximate surface area is 168 Å². The van der Waals surface area contributed by atoms with E-state index >= 15 is 0 Å². The predicted octanol–water partition coefficient (Wildman–Crippen LogP) is 2.31. The number of ether oxygens (including phenoxy) is 2. The normalized spacial score (nSPS) is 18.8. The summed E-state index contributed by atoms with van der Waals surface area (Å²) in [6, 6.07) is 2.93. The van der Waals surface area contributed by atoms with Crippen LogP contribution in [0.5, 0.6) is 5.75 Å². The summed E-state index contributed by atoms with van der Waals surface area (Å²) in [7, 11) is 1.30. The number of methoxy groups -OCH3 is 1. The number of carbonyl (C=O) groups is 4. The summed E-state index contributed by atoms with van der Waals surface area (Å²) in [5.74, 6) is -2.43. The summed E-state index contributed by atoms with van der Waals surface area (Å²) < 4.78 is 23.3. The Balaban J connectivity index is 1.92. The minimum absolute atomic E-state index is 0.00681. The van der Waals surface area contributed by atoms with Crippen molar-refractivity contribution in [3.05, 3.63) is 29.6 Å². The third-order valence-electron chi connectivity index (χ3n) is 4.69. The van der Waals surface area contributed by atoms with Crippen molar-refractivity contribution in [3.8, 4) is 5.75 Å². The van der Waals surface area contributed by atoms with E-state index in [0.29, 0.717) is 12.3 Å². The number of nitrogens with one attached hydrogen (secondary N) is 1. The summed E-state index contributed by atoms with van der Waals surface area (Å²) in [6.07, 6.45) is 1.18. The highest BCUT2D eigenvalue weighted by molar-refractivity contribution is 6.08. The van der Waals surface area contributed by atoms with E-state index in [-0.39, 0.29) is 11.3 Å². The molecule has 158 valence electrons. The van der Waals surface area contributed by atoms with Crippen molar-refractivity contribution in [3.63, 3.8) is 0 Å². The average Bonchev–Trinajstić information content (AvgIpc) is 2.88. The molecule has 1 aromatic carbocycles. The second kappa shape index (κ2) is 9.02. The largest absolute Gasteiger partial charge is 0.494 e. The molecule has 9 heteroatoms. The van der Waals surface area contributed by atoms with Crippen LogP contribution in [0.4, 0.5) is 9.18 Å². The van der Waals surface area contributed by atoms with Gasteiger partial charge in [0.1, 0.15) is 12.1 Å². The molecule has 0 aromatic heterocycles. The molecule has 1 aromatic rings. The number of ketones is 1.